The van der Waals surface area contributed by atoms with Gasteiger partial charge in [0.15, 0.2) is 0 Å². The summed E-state index contributed by atoms with van der Waals surface area (Å²) in [4.78, 5) is 34.0. The highest BCUT2D eigenvalue weighted by atomic mass is 16.4. The summed E-state index contributed by atoms with van der Waals surface area (Å²) in [5.74, 6) is -1.61. The van der Waals surface area contributed by atoms with Crippen LogP contribution in [0.15, 0.2) is 0 Å². The molecule has 2 amide bonds. The van der Waals surface area contributed by atoms with E-state index in [1.54, 1.807) is 6.92 Å². The van der Waals surface area contributed by atoms with E-state index in [0.29, 0.717) is 0 Å². The summed E-state index contributed by atoms with van der Waals surface area (Å²) >= 11 is 0. The molecule has 0 bridgehead atoms. The molecule has 3 unspecified atom stereocenters. The number of amides is 2. The van der Waals surface area contributed by atoms with E-state index in [1.165, 1.54) is 0 Å². The van der Waals surface area contributed by atoms with E-state index in [1.807, 2.05) is 20.8 Å². The van der Waals surface area contributed by atoms with Gasteiger partial charge in [-0.05, 0) is 12.8 Å². The van der Waals surface area contributed by atoms with Crippen LogP contribution in [0.25, 0.3) is 0 Å². The zero-order valence-corrected chi connectivity index (χ0v) is 12.0. The third kappa shape index (κ3) is 6.79. The second-order valence-electron chi connectivity index (χ2n) is 4.75. The van der Waals surface area contributed by atoms with Crippen LogP contribution in [0, 0.1) is 5.92 Å². The molecule has 0 radical (unpaired) electrons. The largest absolute Gasteiger partial charge is 0.481 e. The van der Waals surface area contributed by atoms with Crippen molar-refractivity contribution < 1.29 is 19.5 Å². The maximum atomic E-state index is 12.0. The molecule has 0 aromatic rings. The van der Waals surface area contributed by atoms with Gasteiger partial charge in [0.1, 0.15) is 6.04 Å². The lowest BCUT2D eigenvalue weighted by Crippen LogP contribution is -2.51. The van der Waals surface area contributed by atoms with Gasteiger partial charge in [-0.25, -0.2) is 0 Å². The van der Waals surface area contributed by atoms with E-state index in [0.717, 1.165) is 6.42 Å². The molecule has 0 heterocycles. The normalized spacial score (nSPS) is 15.2. The van der Waals surface area contributed by atoms with Crippen LogP contribution in [0.4, 0.5) is 0 Å². The van der Waals surface area contributed by atoms with Crippen LogP contribution >= 0.6 is 0 Å². The molecule has 0 spiro atoms. The molecular weight excluding hydrogens is 248 g/mol. The SMILES string of the molecule is CCC(=O)NC(CC(=O)O)C(=O)NC(C)C(C)CC. The van der Waals surface area contributed by atoms with Gasteiger partial charge in [0.05, 0.1) is 6.42 Å². The number of carbonyl (C=O) groups is 3. The van der Waals surface area contributed by atoms with Crippen molar-refractivity contribution in [2.45, 2.75) is 59.0 Å². The zero-order chi connectivity index (χ0) is 15.0. The number of nitrogens with one attached hydrogen (secondary N) is 2. The molecule has 110 valence electrons. The topological polar surface area (TPSA) is 95.5 Å². The second kappa shape index (κ2) is 8.50. The summed E-state index contributed by atoms with van der Waals surface area (Å²) in [5.41, 5.74) is 0. The molecule has 0 saturated carbocycles. The standard InChI is InChI=1S/C13H24N2O4/c1-5-8(3)9(4)14-13(19)10(7-12(17)18)15-11(16)6-2/h8-10H,5-7H2,1-4H3,(H,14,19)(H,15,16)(H,17,18). The Morgan fingerprint density at radius 3 is 2.11 bits per heavy atom. The van der Waals surface area contributed by atoms with Gasteiger partial charge >= 0.3 is 5.97 Å². The van der Waals surface area contributed by atoms with Crippen molar-refractivity contribution in [3.63, 3.8) is 0 Å². The fraction of sp³-hybridized carbons (Fsp3) is 0.769. The van der Waals surface area contributed by atoms with Crippen molar-refractivity contribution >= 4 is 17.8 Å². The molecule has 0 fully saturated rings. The molecular formula is C13H24N2O4. The van der Waals surface area contributed by atoms with Crippen molar-refractivity contribution in [2.24, 2.45) is 5.92 Å². The molecule has 6 nitrogen and oxygen atoms in total. The number of carboxylic acid groups (broad SMARTS) is 1. The molecule has 0 aliphatic rings. The Kier molecular flexibility index (Phi) is 7.79. The summed E-state index contributed by atoms with van der Waals surface area (Å²) < 4.78 is 0. The minimum Gasteiger partial charge on any atom is -0.481 e. The van der Waals surface area contributed by atoms with Crippen molar-refractivity contribution in [2.75, 3.05) is 0 Å². The lowest BCUT2D eigenvalue weighted by atomic mass is 10.0. The Labute approximate surface area is 113 Å². The molecule has 0 rings (SSSR count). The number of carboxylic acids is 1. The number of rotatable bonds is 8. The highest BCUT2D eigenvalue weighted by Gasteiger charge is 2.25. The molecule has 3 atom stereocenters. The van der Waals surface area contributed by atoms with E-state index in [4.69, 9.17) is 5.11 Å². The van der Waals surface area contributed by atoms with Crippen LogP contribution < -0.4 is 10.6 Å². The third-order valence-electron chi connectivity index (χ3n) is 3.22. The number of aliphatic carboxylic acids is 1. The van der Waals surface area contributed by atoms with Gasteiger partial charge in [-0.3, -0.25) is 14.4 Å². The zero-order valence-electron chi connectivity index (χ0n) is 12.0. The van der Waals surface area contributed by atoms with E-state index in [9.17, 15) is 14.4 Å². The summed E-state index contributed by atoms with van der Waals surface area (Å²) in [6.45, 7) is 7.53. The van der Waals surface area contributed by atoms with Gasteiger partial charge in [0.25, 0.3) is 0 Å². The minimum atomic E-state index is -1.12. The van der Waals surface area contributed by atoms with E-state index in [2.05, 4.69) is 10.6 Å². The van der Waals surface area contributed by atoms with Crippen molar-refractivity contribution in [1.29, 1.82) is 0 Å². The van der Waals surface area contributed by atoms with Gasteiger partial charge in [-0.2, -0.15) is 0 Å². The Hall–Kier alpha value is -1.59. The quantitative estimate of drug-likeness (QED) is 0.612. The lowest BCUT2D eigenvalue weighted by molar-refractivity contribution is -0.140. The number of carbonyl (C=O) groups excluding carboxylic acids is 2. The van der Waals surface area contributed by atoms with Crippen LogP contribution in [0.3, 0.4) is 0 Å². The third-order valence-corrected chi connectivity index (χ3v) is 3.22. The maximum absolute atomic E-state index is 12.0. The van der Waals surface area contributed by atoms with Crippen LogP contribution in [0.5, 0.6) is 0 Å². The van der Waals surface area contributed by atoms with E-state index < -0.39 is 24.3 Å². The van der Waals surface area contributed by atoms with Gasteiger partial charge in [-0.15, -0.1) is 0 Å². The molecule has 0 aliphatic heterocycles. The van der Waals surface area contributed by atoms with Gasteiger partial charge in [0, 0.05) is 12.5 Å². The van der Waals surface area contributed by atoms with Crippen molar-refractivity contribution in [3.05, 3.63) is 0 Å². The first-order chi connectivity index (χ1) is 8.81. The van der Waals surface area contributed by atoms with Crippen molar-refractivity contribution in [1.82, 2.24) is 10.6 Å². The lowest BCUT2D eigenvalue weighted by Gasteiger charge is -2.23. The van der Waals surface area contributed by atoms with Gasteiger partial charge in [0.2, 0.25) is 11.8 Å². The van der Waals surface area contributed by atoms with E-state index in [-0.39, 0.29) is 24.3 Å². The Balaban J connectivity index is 4.61. The molecule has 0 aromatic carbocycles. The fourth-order valence-electron chi connectivity index (χ4n) is 1.50. The molecule has 6 heteroatoms. The Bertz CT molecular complexity index is 331. The summed E-state index contributed by atoms with van der Waals surface area (Å²) in [7, 11) is 0. The molecule has 3 N–H and O–H groups in total. The summed E-state index contributed by atoms with van der Waals surface area (Å²) in [6.07, 6.45) is 0.710. The van der Waals surface area contributed by atoms with Crippen LogP contribution in [-0.2, 0) is 14.4 Å². The minimum absolute atomic E-state index is 0.0627. The Morgan fingerprint density at radius 1 is 1.11 bits per heavy atom. The summed E-state index contributed by atoms with van der Waals surface area (Å²) in [5, 5.41) is 14.0. The molecule has 0 aromatic heterocycles. The van der Waals surface area contributed by atoms with Gasteiger partial charge in [-0.1, -0.05) is 27.2 Å². The average Bonchev–Trinajstić information content (AvgIpc) is 2.35. The molecule has 0 saturated heterocycles. The fourth-order valence-corrected chi connectivity index (χ4v) is 1.50. The Morgan fingerprint density at radius 2 is 1.68 bits per heavy atom. The first-order valence-electron chi connectivity index (χ1n) is 6.63. The number of hydrogen-bond donors (Lipinski definition) is 3. The highest BCUT2D eigenvalue weighted by molar-refractivity contribution is 5.90. The van der Waals surface area contributed by atoms with Gasteiger partial charge < -0.3 is 15.7 Å². The second-order valence-corrected chi connectivity index (χ2v) is 4.75. The monoisotopic (exact) mass is 272 g/mol. The van der Waals surface area contributed by atoms with Crippen molar-refractivity contribution in [3.8, 4) is 0 Å². The van der Waals surface area contributed by atoms with E-state index >= 15 is 0 Å². The molecule has 19 heavy (non-hydrogen) atoms. The highest BCUT2D eigenvalue weighted by Crippen LogP contribution is 2.07. The maximum Gasteiger partial charge on any atom is 0.305 e. The van der Waals surface area contributed by atoms with Crippen LogP contribution in [0.1, 0.15) is 47.0 Å². The number of hydrogen-bond acceptors (Lipinski definition) is 3. The van der Waals surface area contributed by atoms with Crippen LogP contribution in [0.2, 0.25) is 0 Å². The predicted molar refractivity (Wildman–Crippen MR) is 71.5 cm³/mol. The van der Waals surface area contributed by atoms with Crippen LogP contribution in [-0.4, -0.2) is 35.0 Å². The molecule has 0 aliphatic carbocycles. The first kappa shape index (κ1) is 17.4. The smallest absolute Gasteiger partial charge is 0.305 e. The average molecular weight is 272 g/mol. The summed E-state index contributed by atoms with van der Waals surface area (Å²) in [6, 6.07) is -1.08. The first-order valence-corrected chi connectivity index (χ1v) is 6.63. The predicted octanol–water partition coefficient (Wildman–Crippen LogP) is 0.907.